The van der Waals surface area contributed by atoms with Gasteiger partial charge < -0.3 is 5.32 Å². The van der Waals surface area contributed by atoms with Crippen molar-refractivity contribution < 1.29 is 4.39 Å². The maximum Gasteiger partial charge on any atom is 0.147 e. The van der Waals surface area contributed by atoms with E-state index in [1.807, 2.05) is 13.8 Å². The first-order valence-corrected chi connectivity index (χ1v) is 5.84. The Kier molecular flexibility index (Phi) is 4.31. The zero-order chi connectivity index (χ0) is 12.2. The normalized spacial score (nSPS) is 10.9. The lowest BCUT2D eigenvalue weighted by Gasteiger charge is -2.15. The summed E-state index contributed by atoms with van der Waals surface area (Å²) in [5, 5.41) is 11.8. The van der Waals surface area contributed by atoms with Crippen molar-refractivity contribution in [3.63, 3.8) is 0 Å². The molecule has 0 saturated carbocycles. The van der Waals surface area contributed by atoms with E-state index in [9.17, 15) is 4.39 Å². The molecule has 0 amide bonds. The highest BCUT2D eigenvalue weighted by molar-refractivity contribution is 9.10. The van der Waals surface area contributed by atoms with Crippen LogP contribution in [0.3, 0.4) is 0 Å². The van der Waals surface area contributed by atoms with Crippen LogP contribution in [0.1, 0.15) is 20.3 Å². The second-order valence-corrected chi connectivity index (χ2v) is 5.21. The van der Waals surface area contributed by atoms with Crippen LogP contribution < -0.4 is 5.32 Å². The summed E-state index contributed by atoms with van der Waals surface area (Å²) in [6.07, 6.45) is 0.680. The predicted octanol–water partition coefficient (Wildman–Crippen LogP) is 3.94. The van der Waals surface area contributed by atoms with Crippen LogP contribution in [0.2, 0.25) is 0 Å². The molecule has 0 radical (unpaired) electrons. The standard InChI is InChI=1S/C12H14BrFN2/c1-12(2,8-15)5-6-16-11-4-3-9(13)7-10(11)14/h3-4,7,16H,5-6H2,1-2H3. The Labute approximate surface area is 104 Å². The third-order valence-corrected chi connectivity index (χ3v) is 2.79. The fraction of sp³-hybridized carbons (Fsp3) is 0.417. The summed E-state index contributed by atoms with van der Waals surface area (Å²) < 4.78 is 14.1. The molecule has 0 spiro atoms. The first-order chi connectivity index (χ1) is 7.44. The van der Waals surface area contributed by atoms with Gasteiger partial charge in [0, 0.05) is 11.0 Å². The van der Waals surface area contributed by atoms with Gasteiger partial charge in [0.25, 0.3) is 0 Å². The maximum absolute atomic E-state index is 13.4. The van der Waals surface area contributed by atoms with E-state index in [0.29, 0.717) is 23.1 Å². The van der Waals surface area contributed by atoms with Crippen LogP contribution >= 0.6 is 15.9 Å². The summed E-state index contributed by atoms with van der Waals surface area (Å²) >= 11 is 3.20. The van der Waals surface area contributed by atoms with Gasteiger partial charge in [-0.15, -0.1) is 0 Å². The Hall–Kier alpha value is -1.08. The number of anilines is 1. The number of rotatable bonds is 4. The van der Waals surface area contributed by atoms with Crippen molar-refractivity contribution in [2.24, 2.45) is 5.41 Å². The van der Waals surface area contributed by atoms with Gasteiger partial charge in [-0.3, -0.25) is 0 Å². The van der Waals surface area contributed by atoms with Gasteiger partial charge in [-0.05, 0) is 38.5 Å². The van der Waals surface area contributed by atoms with Crippen molar-refractivity contribution in [2.45, 2.75) is 20.3 Å². The van der Waals surface area contributed by atoms with Crippen LogP contribution in [-0.2, 0) is 0 Å². The topological polar surface area (TPSA) is 35.8 Å². The quantitative estimate of drug-likeness (QED) is 0.909. The molecule has 86 valence electrons. The van der Waals surface area contributed by atoms with Gasteiger partial charge in [0.2, 0.25) is 0 Å². The highest BCUT2D eigenvalue weighted by atomic mass is 79.9. The van der Waals surface area contributed by atoms with Gasteiger partial charge in [-0.25, -0.2) is 4.39 Å². The van der Waals surface area contributed by atoms with Crippen LogP contribution in [0.15, 0.2) is 22.7 Å². The molecule has 1 aromatic rings. The summed E-state index contributed by atoms with van der Waals surface area (Å²) in [4.78, 5) is 0. The Morgan fingerprint density at radius 2 is 2.19 bits per heavy atom. The zero-order valence-electron chi connectivity index (χ0n) is 9.35. The summed E-state index contributed by atoms with van der Waals surface area (Å²) in [6, 6.07) is 7.08. The van der Waals surface area contributed by atoms with Gasteiger partial charge in [-0.1, -0.05) is 15.9 Å². The van der Waals surface area contributed by atoms with Crippen molar-refractivity contribution in [2.75, 3.05) is 11.9 Å². The molecular formula is C12H14BrFN2. The third kappa shape index (κ3) is 3.82. The molecule has 1 N–H and O–H groups in total. The van der Waals surface area contributed by atoms with Crippen LogP contribution in [0, 0.1) is 22.6 Å². The first-order valence-electron chi connectivity index (χ1n) is 5.05. The number of nitriles is 1. The minimum absolute atomic E-state index is 0.288. The van der Waals surface area contributed by atoms with Gasteiger partial charge in [0.15, 0.2) is 0 Å². The molecule has 4 heteroatoms. The number of hydrogen-bond acceptors (Lipinski definition) is 2. The van der Waals surface area contributed by atoms with E-state index in [1.54, 1.807) is 12.1 Å². The monoisotopic (exact) mass is 284 g/mol. The summed E-state index contributed by atoms with van der Waals surface area (Å²) in [5.41, 5.74) is 0.0932. The minimum Gasteiger partial charge on any atom is -0.383 e. The van der Waals surface area contributed by atoms with Crippen molar-refractivity contribution in [3.8, 4) is 6.07 Å². The van der Waals surface area contributed by atoms with Crippen molar-refractivity contribution in [1.29, 1.82) is 5.26 Å². The molecule has 0 aliphatic rings. The molecule has 1 aromatic carbocycles. The highest BCUT2D eigenvalue weighted by Gasteiger charge is 2.15. The second kappa shape index (κ2) is 5.31. The molecule has 0 saturated heterocycles. The Balaban J connectivity index is 2.53. The number of nitrogens with one attached hydrogen (secondary N) is 1. The molecule has 0 bridgehead atoms. The van der Waals surface area contributed by atoms with Crippen LogP contribution in [0.4, 0.5) is 10.1 Å². The predicted molar refractivity (Wildman–Crippen MR) is 66.6 cm³/mol. The Bertz CT molecular complexity index is 410. The lowest BCUT2D eigenvalue weighted by atomic mass is 9.91. The Morgan fingerprint density at radius 1 is 1.50 bits per heavy atom. The SMILES string of the molecule is CC(C)(C#N)CCNc1ccc(Br)cc1F. The molecule has 0 atom stereocenters. The van der Waals surface area contributed by atoms with E-state index in [-0.39, 0.29) is 11.2 Å². The van der Waals surface area contributed by atoms with E-state index in [0.717, 1.165) is 0 Å². The lowest BCUT2D eigenvalue weighted by Crippen LogP contribution is -2.15. The molecule has 0 unspecified atom stereocenters. The highest BCUT2D eigenvalue weighted by Crippen LogP contribution is 2.21. The maximum atomic E-state index is 13.4. The molecule has 0 aliphatic heterocycles. The molecule has 0 fully saturated rings. The molecule has 2 nitrogen and oxygen atoms in total. The lowest BCUT2D eigenvalue weighted by molar-refractivity contribution is 0.466. The molecule has 16 heavy (non-hydrogen) atoms. The Morgan fingerprint density at radius 3 is 2.75 bits per heavy atom. The van der Waals surface area contributed by atoms with Gasteiger partial charge >= 0.3 is 0 Å². The van der Waals surface area contributed by atoms with E-state index in [2.05, 4.69) is 27.3 Å². The fourth-order valence-electron chi connectivity index (χ4n) is 1.20. The van der Waals surface area contributed by atoms with E-state index in [4.69, 9.17) is 5.26 Å². The van der Waals surface area contributed by atoms with E-state index in [1.165, 1.54) is 6.07 Å². The van der Waals surface area contributed by atoms with Crippen molar-refractivity contribution in [3.05, 3.63) is 28.5 Å². The minimum atomic E-state index is -0.376. The average molecular weight is 285 g/mol. The van der Waals surface area contributed by atoms with E-state index >= 15 is 0 Å². The summed E-state index contributed by atoms with van der Waals surface area (Å²) in [6.45, 7) is 4.32. The average Bonchev–Trinajstić information content (AvgIpc) is 2.21. The van der Waals surface area contributed by atoms with Gasteiger partial charge in [-0.2, -0.15) is 5.26 Å². The molecule has 0 heterocycles. The molecule has 0 aromatic heterocycles. The zero-order valence-corrected chi connectivity index (χ0v) is 10.9. The number of nitrogens with zero attached hydrogens (tertiary/aromatic N) is 1. The number of hydrogen-bond donors (Lipinski definition) is 1. The van der Waals surface area contributed by atoms with Crippen molar-refractivity contribution >= 4 is 21.6 Å². The molecule has 0 aliphatic carbocycles. The smallest absolute Gasteiger partial charge is 0.147 e. The molecule has 1 rings (SSSR count). The third-order valence-electron chi connectivity index (χ3n) is 2.30. The number of benzene rings is 1. The van der Waals surface area contributed by atoms with Gasteiger partial charge in [0.05, 0.1) is 17.2 Å². The summed E-state index contributed by atoms with van der Waals surface area (Å²) in [7, 11) is 0. The van der Waals surface area contributed by atoms with Gasteiger partial charge in [0.1, 0.15) is 5.82 Å². The number of halogens is 2. The van der Waals surface area contributed by atoms with Crippen LogP contribution in [0.25, 0.3) is 0 Å². The molecular weight excluding hydrogens is 271 g/mol. The van der Waals surface area contributed by atoms with Crippen LogP contribution in [0.5, 0.6) is 0 Å². The second-order valence-electron chi connectivity index (χ2n) is 4.30. The largest absolute Gasteiger partial charge is 0.383 e. The van der Waals surface area contributed by atoms with Crippen LogP contribution in [-0.4, -0.2) is 6.54 Å². The van der Waals surface area contributed by atoms with E-state index < -0.39 is 0 Å². The van der Waals surface area contributed by atoms with Crippen molar-refractivity contribution in [1.82, 2.24) is 0 Å². The fourth-order valence-corrected chi connectivity index (χ4v) is 1.53. The summed E-state index contributed by atoms with van der Waals surface area (Å²) in [5.74, 6) is -0.288. The first kappa shape index (κ1) is 13.0.